The number of amides is 1. The Morgan fingerprint density at radius 1 is 1.09 bits per heavy atom. The molecule has 0 fully saturated rings. The molecular formula is C17H18ClNOS2. The van der Waals surface area contributed by atoms with Gasteiger partial charge in [0, 0.05) is 27.1 Å². The second-order valence-electron chi connectivity index (χ2n) is 4.67. The van der Waals surface area contributed by atoms with Crippen LogP contribution < -0.4 is 5.32 Å². The van der Waals surface area contributed by atoms with Gasteiger partial charge in [0.1, 0.15) is 0 Å². The van der Waals surface area contributed by atoms with Gasteiger partial charge in [-0.2, -0.15) is 0 Å². The van der Waals surface area contributed by atoms with Crippen molar-refractivity contribution in [2.24, 2.45) is 0 Å². The van der Waals surface area contributed by atoms with Gasteiger partial charge in [-0.3, -0.25) is 4.79 Å². The first-order valence-corrected chi connectivity index (χ1v) is 9.27. The second-order valence-corrected chi connectivity index (χ2v) is 7.69. The third-order valence-corrected chi connectivity index (χ3v) is 5.29. The van der Waals surface area contributed by atoms with E-state index in [2.05, 4.69) is 17.4 Å². The van der Waals surface area contributed by atoms with Crippen molar-refractivity contribution >= 4 is 41.0 Å². The zero-order valence-electron chi connectivity index (χ0n) is 12.3. The zero-order chi connectivity index (χ0) is 15.8. The summed E-state index contributed by atoms with van der Waals surface area (Å²) in [4.78, 5) is 14.3. The van der Waals surface area contributed by atoms with Crippen molar-refractivity contribution in [3.8, 4) is 0 Å². The maximum Gasteiger partial charge on any atom is 0.233 e. The van der Waals surface area contributed by atoms with Crippen LogP contribution in [0.15, 0.2) is 64.4 Å². The molecule has 0 aromatic heterocycles. The molecule has 1 N–H and O–H groups in total. The van der Waals surface area contributed by atoms with Crippen LogP contribution in [0.2, 0.25) is 5.02 Å². The van der Waals surface area contributed by atoms with Gasteiger partial charge in [-0.25, -0.2) is 0 Å². The number of halogens is 1. The van der Waals surface area contributed by atoms with Gasteiger partial charge in [-0.1, -0.05) is 29.8 Å². The highest BCUT2D eigenvalue weighted by molar-refractivity contribution is 8.00. The maximum atomic E-state index is 12.1. The van der Waals surface area contributed by atoms with E-state index in [1.807, 2.05) is 49.4 Å². The lowest BCUT2D eigenvalue weighted by atomic mass is 10.4. The molecule has 0 heterocycles. The van der Waals surface area contributed by atoms with Crippen LogP contribution in [0.5, 0.6) is 0 Å². The largest absolute Gasteiger partial charge is 0.354 e. The Morgan fingerprint density at radius 3 is 2.45 bits per heavy atom. The number of rotatable bonds is 7. The topological polar surface area (TPSA) is 29.1 Å². The van der Waals surface area contributed by atoms with E-state index in [-0.39, 0.29) is 11.2 Å². The summed E-state index contributed by atoms with van der Waals surface area (Å²) < 4.78 is 0. The number of benzene rings is 2. The van der Waals surface area contributed by atoms with Gasteiger partial charge in [0.2, 0.25) is 5.91 Å². The van der Waals surface area contributed by atoms with Crippen LogP contribution >= 0.6 is 35.1 Å². The number of carbonyl (C=O) groups excluding carboxylic acids is 1. The summed E-state index contributed by atoms with van der Waals surface area (Å²) in [6.45, 7) is 2.59. The van der Waals surface area contributed by atoms with Gasteiger partial charge in [0.15, 0.2) is 0 Å². The number of carbonyl (C=O) groups is 1. The summed E-state index contributed by atoms with van der Waals surface area (Å²) >= 11 is 9.14. The van der Waals surface area contributed by atoms with Crippen LogP contribution in [-0.4, -0.2) is 23.5 Å². The van der Waals surface area contributed by atoms with Crippen LogP contribution in [0.3, 0.4) is 0 Å². The van der Waals surface area contributed by atoms with Crippen molar-refractivity contribution < 1.29 is 4.79 Å². The summed E-state index contributed by atoms with van der Waals surface area (Å²) in [5, 5.41) is 3.56. The molecule has 0 spiro atoms. The molecule has 1 atom stereocenters. The van der Waals surface area contributed by atoms with E-state index < -0.39 is 0 Å². The van der Waals surface area contributed by atoms with E-state index >= 15 is 0 Å². The number of thioether (sulfide) groups is 2. The van der Waals surface area contributed by atoms with Crippen LogP contribution in [-0.2, 0) is 4.79 Å². The smallest absolute Gasteiger partial charge is 0.233 e. The molecule has 0 unspecified atom stereocenters. The number of nitrogens with one attached hydrogen (secondary N) is 1. The first-order valence-electron chi connectivity index (χ1n) is 7.03. The highest BCUT2D eigenvalue weighted by Crippen LogP contribution is 2.24. The van der Waals surface area contributed by atoms with Crippen molar-refractivity contribution in [1.82, 2.24) is 5.32 Å². The van der Waals surface area contributed by atoms with E-state index in [1.165, 1.54) is 16.7 Å². The van der Waals surface area contributed by atoms with Gasteiger partial charge >= 0.3 is 0 Å². The molecule has 2 aromatic rings. The normalized spacial score (nSPS) is 11.9. The summed E-state index contributed by atoms with van der Waals surface area (Å²) in [5.41, 5.74) is 0. The Balaban J connectivity index is 1.69. The van der Waals surface area contributed by atoms with Gasteiger partial charge < -0.3 is 5.32 Å². The molecule has 2 nitrogen and oxygen atoms in total. The van der Waals surface area contributed by atoms with Gasteiger partial charge in [0.05, 0.1) is 5.25 Å². The summed E-state index contributed by atoms with van der Waals surface area (Å²) in [6, 6.07) is 17.7. The Labute approximate surface area is 145 Å². The summed E-state index contributed by atoms with van der Waals surface area (Å²) in [7, 11) is 0. The Bertz CT molecular complexity index is 589. The van der Waals surface area contributed by atoms with E-state index in [0.717, 1.165) is 10.6 Å². The van der Waals surface area contributed by atoms with Gasteiger partial charge in [0.25, 0.3) is 0 Å². The molecule has 0 aliphatic carbocycles. The molecule has 1 amide bonds. The predicted octanol–water partition coefficient (Wildman–Crippen LogP) is 4.73. The van der Waals surface area contributed by atoms with Crippen LogP contribution in [0.25, 0.3) is 0 Å². The second kappa shape index (κ2) is 9.13. The lowest BCUT2D eigenvalue weighted by Gasteiger charge is -2.12. The Hall–Kier alpha value is -1.10. The SMILES string of the molecule is C[C@H](Sc1ccc(Cl)cc1)C(=O)NCCSc1ccccc1. The first-order chi connectivity index (χ1) is 10.6. The minimum atomic E-state index is -0.122. The van der Waals surface area contributed by atoms with Crippen molar-refractivity contribution in [2.75, 3.05) is 12.3 Å². The third-order valence-electron chi connectivity index (χ3n) is 2.91. The molecule has 2 rings (SSSR count). The molecular weight excluding hydrogens is 334 g/mol. The molecule has 22 heavy (non-hydrogen) atoms. The molecule has 5 heteroatoms. The van der Waals surface area contributed by atoms with Crippen molar-refractivity contribution in [3.05, 3.63) is 59.6 Å². The highest BCUT2D eigenvalue weighted by Gasteiger charge is 2.13. The third kappa shape index (κ3) is 5.95. The fourth-order valence-corrected chi connectivity index (χ4v) is 3.58. The molecule has 0 bridgehead atoms. The minimum absolute atomic E-state index is 0.0635. The minimum Gasteiger partial charge on any atom is -0.354 e. The van der Waals surface area contributed by atoms with Crippen molar-refractivity contribution in [3.63, 3.8) is 0 Å². The van der Waals surface area contributed by atoms with E-state index in [1.54, 1.807) is 11.8 Å². The predicted molar refractivity (Wildman–Crippen MR) is 96.9 cm³/mol. The average molecular weight is 352 g/mol. The fraction of sp³-hybridized carbons (Fsp3) is 0.235. The lowest BCUT2D eigenvalue weighted by molar-refractivity contribution is -0.120. The summed E-state index contributed by atoms with van der Waals surface area (Å²) in [6.07, 6.45) is 0. The molecule has 0 saturated carbocycles. The quantitative estimate of drug-likeness (QED) is 0.577. The van der Waals surface area contributed by atoms with Crippen LogP contribution in [0, 0.1) is 0 Å². The maximum absolute atomic E-state index is 12.1. The zero-order valence-corrected chi connectivity index (χ0v) is 14.7. The van der Waals surface area contributed by atoms with Crippen molar-refractivity contribution in [2.45, 2.75) is 22.0 Å². The van der Waals surface area contributed by atoms with Crippen molar-refractivity contribution in [1.29, 1.82) is 0 Å². The monoisotopic (exact) mass is 351 g/mol. The number of hydrogen-bond acceptors (Lipinski definition) is 3. The van der Waals surface area contributed by atoms with E-state index in [9.17, 15) is 4.79 Å². The highest BCUT2D eigenvalue weighted by atomic mass is 35.5. The first kappa shape index (κ1) is 17.3. The number of hydrogen-bond donors (Lipinski definition) is 1. The molecule has 116 valence electrons. The van der Waals surface area contributed by atoms with Crippen LogP contribution in [0.1, 0.15) is 6.92 Å². The molecule has 2 aromatic carbocycles. The molecule has 0 radical (unpaired) electrons. The lowest BCUT2D eigenvalue weighted by Crippen LogP contribution is -2.32. The molecule has 0 saturated heterocycles. The fourth-order valence-electron chi connectivity index (χ4n) is 1.77. The van der Waals surface area contributed by atoms with E-state index in [4.69, 9.17) is 11.6 Å². The summed E-state index contributed by atoms with van der Waals surface area (Å²) in [5.74, 6) is 0.933. The molecule has 0 aliphatic rings. The van der Waals surface area contributed by atoms with E-state index in [0.29, 0.717) is 11.6 Å². The van der Waals surface area contributed by atoms with Gasteiger partial charge in [-0.05, 0) is 43.3 Å². The average Bonchev–Trinajstić information content (AvgIpc) is 2.54. The van der Waals surface area contributed by atoms with Gasteiger partial charge in [-0.15, -0.1) is 23.5 Å². The molecule has 0 aliphatic heterocycles. The Kier molecular flexibility index (Phi) is 7.16. The Morgan fingerprint density at radius 2 is 1.77 bits per heavy atom. The standard InChI is InChI=1S/C17H18ClNOS2/c1-13(22-16-9-7-14(18)8-10-16)17(20)19-11-12-21-15-5-3-2-4-6-15/h2-10,13H,11-12H2,1H3,(H,19,20)/t13-/m0/s1. The van der Waals surface area contributed by atoms with Crippen LogP contribution in [0.4, 0.5) is 0 Å².